The lowest BCUT2D eigenvalue weighted by Crippen LogP contribution is -2.36. The van der Waals surface area contributed by atoms with Gasteiger partial charge in [0.2, 0.25) is 10.0 Å². The molecule has 0 aliphatic heterocycles. The van der Waals surface area contributed by atoms with Gasteiger partial charge in [-0.15, -0.1) is 0 Å². The fourth-order valence-electron chi connectivity index (χ4n) is 3.60. The highest BCUT2D eigenvalue weighted by molar-refractivity contribution is 7.89. The molecule has 0 aliphatic rings. The van der Waals surface area contributed by atoms with E-state index >= 15 is 0 Å². The van der Waals surface area contributed by atoms with Crippen LogP contribution in [0.25, 0.3) is 11.0 Å². The van der Waals surface area contributed by atoms with E-state index in [9.17, 15) is 18.0 Å². The highest BCUT2D eigenvalue weighted by atomic mass is 35.5. The van der Waals surface area contributed by atoms with E-state index in [1.165, 1.54) is 24.3 Å². The molecule has 9 heteroatoms. The van der Waals surface area contributed by atoms with Crippen LogP contribution in [0.15, 0.2) is 86.9 Å². The molecule has 0 saturated carbocycles. The summed E-state index contributed by atoms with van der Waals surface area (Å²) in [4.78, 5) is 25.2. The molecule has 3 aromatic carbocycles. The summed E-state index contributed by atoms with van der Waals surface area (Å²) in [6.07, 6.45) is 0.578. The van der Waals surface area contributed by atoms with Crippen molar-refractivity contribution in [3.8, 4) is 5.75 Å². The maximum Gasteiger partial charge on any atom is 0.336 e. The Labute approximate surface area is 207 Å². The zero-order valence-electron chi connectivity index (χ0n) is 18.9. The van der Waals surface area contributed by atoms with Crippen LogP contribution in [0.5, 0.6) is 5.75 Å². The van der Waals surface area contributed by atoms with E-state index in [2.05, 4.69) is 4.72 Å². The Hall–Kier alpha value is -3.46. The van der Waals surface area contributed by atoms with Gasteiger partial charge < -0.3 is 9.15 Å². The molecule has 1 atom stereocenters. The molecule has 180 valence electrons. The van der Waals surface area contributed by atoms with Crippen LogP contribution in [0.3, 0.4) is 0 Å². The van der Waals surface area contributed by atoms with Crippen LogP contribution in [0.1, 0.15) is 29.7 Å². The van der Waals surface area contributed by atoms with Crippen molar-refractivity contribution < 1.29 is 22.4 Å². The molecular formula is C26H22ClNO6S. The van der Waals surface area contributed by atoms with Gasteiger partial charge in [0, 0.05) is 17.5 Å². The SMILES string of the molecule is CCc1cc(=O)oc2cc(OC(=O)C(NS(=O)(=O)c3ccc(C)cc3)c3ccccc3)c(Cl)cc12. The quantitative estimate of drug-likeness (QED) is 0.214. The number of carbonyl (C=O) groups excluding carboxylic acids is 1. The predicted octanol–water partition coefficient (Wildman–Crippen LogP) is 4.94. The molecule has 0 saturated heterocycles. The molecular weight excluding hydrogens is 490 g/mol. The molecule has 0 radical (unpaired) electrons. The van der Waals surface area contributed by atoms with E-state index in [-0.39, 0.29) is 21.3 Å². The Morgan fingerprint density at radius 1 is 1.06 bits per heavy atom. The number of sulfonamides is 1. The smallest absolute Gasteiger partial charge is 0.336 e. The fraction of sp³-hybridized carbons (Fsp3) is 0.154. The van der Waals surface area contributed by atoms with Gasteiger partial charge in [-0.3, -0.25) is 0 Å². The van der Waals surface area contributed by atoms with E-state index in [4.69, 9.17) is 20.8 Å². The molecule has 1 aromatic heterocycles. The van der Waals surface area contributed by atoms with Crippen molar-refractivity contribution in [1.29, 1.82) is 0 Å². The topological polar surface area (TPSA) is 103 Å². The van der Waals surface area contributed by atoms with Crippen LogP contribution >= 0.6 is 11.6 Å². The maximum atomic E-state index is 13.3. The van der Waals surface area contributed by atoms with Crippen LogP contribution in [-0.2, 0) is 21.2 Å². The number of hydrogen-bond acceptors (Lipinski definition) is 6. The van der Waals surface area contributed by atoms with E-state index in [0.717, 1.165) is 11.1 Å². The van der Waals surface area contributed by atoms with Crippen molar-refractivity contribution in [2.24, 2.45) is 0 Å². The summed E-state index contributed by atoms with van der Waals surface area (Å²) < 4.78 is 39.3. The first-order chi connectivity index (χ1) is 16.7. The van der Waals surface area contributed by atoms with Crippen LogP contribution in [0.2, 0.25) is 5.02 Å². The summed E-state index contributed by atoms with van der Waals surface area (Å²) in [6, 6.07) is 17.5. The average molecular weight is 512 g/mol. The summed E-state index contributed by atoms with van der Waals surface area (Å²) in [6.45, 7) is 3.73. The Morgan fingerprint density at radius 2 is 1.74 bits per heavy atom. The lowest BCUT2D eigenvalue weighted by molar-refractivity contribution is -0.136. The first-order valence-corrected chi connectivity index (χ1v) is 12.7. The van der Waals surface area contributed by atoms with Crippen molar-refractivity contribution >= 4 is 38.6 Å². The molecule has 1 N–H and O–H groups in total. The van der Waals surface area contributed by atoms with E-state index in [1.54, 1.807) is 48.5 Å². The minimum Gasteiger partial charge on any atom is -0.423 e. The Kier molecular flexibility index (Phi) is 7.07. The number of hydrogen-bond donors (Lipinski definition) is 1. The van der Waals surface area contributed by atoms with Gasteiger partial charge in [-0.05, 0) is 42.7 Å². The molecule has 7 nitrogen and oxygen atoms in total. The van der Waals surface area contributed by atoms with Crippen LogP contribution in [0.4, 0.5) is 0 Å². The van der Waals surface area contributed by atoms with Crippen molar-refractivity contribution in [1.82, 2.24) is 4.72 Å². The second-order valence-electron chi connectivity index (χ2n) is 7.92. The molecule has 0 spiro atoms. The third-order valence-electron chi connectivity index (χ3n) is 5.45. The van der Waals surface area contributed by atoms with Gasteiger partial charge in [0.25, 0.3) is 0 Å². The fourth-order valence-corrected chi connectivity index (χ4v) is 4.98. The van der Waals surface area contributed by atoms with Gasteiger partial charge in [-0.1, -0.05) is 66.6 Å². The molecule has 0 amide bonds. The Bertz CT molecular complexity index is 1550. The molecule has 35 heavy (non-hydrogen) atoms. The normalized spacial score (nSPS) is 12.4. The van der Waals surface area contributed by atoms with E-state index in [1.807, 2.05) is 13.8 Å². The summed E-state index contributed by atoms with van der Waals surface area (Å²) in [5.74, 6) is -0.960. The maximum absolute atomic E-state index is 13.3. The molecule has 4 rings (SSSR count). The molecule has 4 aromatic rings. The largest absolute Gasteiger partial charge is 0.423 e. The number of halogens is 1. The summed E-state index contributed by atoms with van der Waals surface area (Å²) >= 11 is 6.37. The molecule has 0 bridgehead atoms. The molecule has 0 aliphatic carbocycles. The number of nitrogens with one attached hydrogen (secondary N) is 1. The van der Waals surface area contributed by atoms with Crippen LogP contribution < -0.4 is 15.1 Å². The monoisotopic (exact) mass is 511 g/mol. The zero-order valence-corrected chi connectivity index (χ0v) is 20.5. The molecule has 1 heterocycles. The first kappa shape index (κ1) is 24.7. The second kappa shape index (κ2) is 10.0. The highest BCUT2D eigenvalue weighted by Crippen LogP contribution is 2.32. The van der Waals surface area contributed by atoms with Gasteiger partial charge in [0.1, 0.15) is 11.6 Å². The lowest BCUT2D eigenvalue weighted by atomic mass is 10.1. The van der Waals surface area contributed by atoms with Crippen molar-refractivity contribution in [3.05, 3.63) is 105 Å². The lowest BCUT2D eigenvalue weighted by Gasteiger charge is -2.19. The van der Waals surface area contributed by atoms with Gasteiger partial charge in [0.15, 0.2) is 5.75 Å². The van der Waals surface area contributed by atoms with Gasteiger partial charge in [-0.25, -0.2) is 18.0 Å². The Morgan fingerprint density at radius 3 is 2.40 bits per heavy atom. The number of carbonyl (C=O) groups is 1. The third-order valence-corrected chi connectivity index (χ3v) is 7.18. The van der Waals surface area contributed by atoms with Gasteiger partial charge >= 0.3 is 11.6 Å². The average Bonchev–Trinajstić information content (AvgIpc) is 2.83. The predicted molar refractivity (Wildman–Crippen MR) is 133 cm³/mol. The van der Waals surface area contributed by atoms with Crippen molar-refractivity contribution in [2.45, 2.75) is 31.2 Å². The van der Waals surface area contributed by atoms with Crippen LogP contribution in [0, 0.1) is 6.92 Å². The van der Waals surface area contributed by atoms with Crippen molar-refractivity contribution in [2.75, 3.05) is 0 Å². The minimum absolute atomic E-state index is 0.00874. The van der Waals surface area contributed by atoms with Gasteiger partial charge in [-0.2, -0.15) is 4.72 Å². The molecule has 1 unspecified atom stereocenters. The highest BCUT2D eigenvalue weighted by Gasteiger charge is 2.29. The van der Waals surface area contributed by atoms with Crippen molar-refractivity contribution in [3.63, 3.8) is 0 Å². The van der Waals surface area contributed by atoms with Gasteiger partial charge in [0.05, 0.1) is 9.92 Å². The minimum atomic E-state index is -4.06. The number of rotatable bonds is 7. The van der Waals surface area contributed by atoms with E-state index in [0.29, 0.717) is 17.4 Å². The number of esters is 1. The number of ether oxygens (including phenoxy) is 1. The zero-order chi connectivity index (χ0) is 25.2. The first-order valence-electron chi connectivity index (χ1n) is 10.8. The number of fused-ring (bicyclic) bond motifs is 1. The Balaban J connectivity index is 1.70. The number of benzene rings is 3. The summed E-state index contributed by atoms with van der Waals surface area (Å²) in [5.41, 5.74) is 1.68. The number of aryl methyl sites for hydroxylation is 2. The second-order valence-corrected chi connectivity index (χ2v) is 10.0. The van der Waals surface area contributed by atoms with E-state index < -0.39 is 27.7 Å². The summed E-state index contributed by atoms with van der Waals surface area (Å²) in [5, 5.41) is 0.735. The summed E-state index contributed by atoms with van der Waals surface area (Å²) in [7, 11) is -4.06. The standard InChI is InChI=1S/C26H22ClNO6S/c1-3-17-13-24(29)33-22-15-23(21(27)14-20(17)22)34-26(30)25(18-7-5-4-6-8-18)28-35(31,32)19-11-9-16(2)10-12-19/h4-15,25,28H,3H2,1-2H3. The molecule has 0 fully saturated rings. The van der Waals surface area contributed by atoms with Crippen LogP contribution in [-0.4, -0.2) is 14.4 Å². The third kappa shape index (κ3) is 5.45.